The fraction of sp³-hybridized carbons (Fsp3) is 0.500. The zero-order valence-corrected chi connectivity index (χ0v) is 11.6. The number of halogens is 1. The molecule has 1 rings (SSSR count). The Morgan fingerprint density at radius 2 is 1.47 bits per heavy atom. The molecule has 0 N–H and O–H groups in total. The Balaban J connectivity index is 2.70. The van der Waals surface area contributed by atoms with Crippen LogP contribution >= 0.6 is 15.9 Å². The van der Waals surface area contributed by atoms with Crippen molar-refractivity contribution in [3.05, 3.63) is 28.7 Å². The van der Waals surface area contributed by atoms with Crippen LogP contribution in [0.1, 0.15) is 27.7 Å². The van der Waals surface area contributed by atoms with Gasteiger partial charge in [-0.15, -0.1) is 0 Å². The molecule has 15 heavy (non-hydrogen) atoms. The summed E-state index contributed by atoms with van der Waals surface area (Å²) in [5.74, 6) is 0. The highest BCUT2D eigenvalue weighted by atomic mass is 79.9. The van der Waals surface area contributed by atoms with E-state index in [0.717, 1.165) is 11.9 Å². The van der Waals surface area contributed by atoms with Crippen molar-refractivity contribution in [3.8, 4) is 0 Å². The van der Waals surface area contributed by atoms with Gasteiger partial charge in [0.15, 0.2) is 0 Å². The van der Waals surface area contributed by atoms with Gasteiger partial charge in [0.25, 0.3) is 0 Å². The van der Waals surface area contributed by atoms with Gasteiger partial charge in [0.1, 0.15) is 0 Å². The molecule has 0 saturated carbocycles. The van der Waals surface area contributed by atoms with Crippen molar-refractivity contribution in [3.63, 3.8) is 0 Å². The minimum absolute atomic E-state index is 0.591. The van der Waals surface area contributed by atoms with E-state index in [1.165, 1.54) is 5.46 Å². The summed E-state index contributed by atoms with van der Waals surface area (Å²) in [5, 5.41) is 0. The molecule has 0 heterocycles. The summed E-state index contributed by atoms with van der Waals surface area (Å²) >= 11 is 3.46. The number of nitrogens with zero attached hydrogens (tertiary/aromatic N) is 1. The second-order valence-electron chi connectivity index (χ2n) is 4.49. The van der Waals surface area contributed by atoms with Crippen molar-refractivity contribution >= 4 is 28.8 Å². The molecule has 0 unspecified atom stereocenters. The van der Waals surface area contributed by atoms with Gasteiger partial charge in [0, 0.05) is 4.47 Å². The molecule has 3 heteroatoms. The highest BCUT2D eigenvalue weighted by Crippen LogP contribution is 2.07. The van der Waals surface area contributed by atoms with Gasteiger partial charge in [-0.3, -0.25) is 0 Å². The summed E-state index contributed by atoms with van der Waals surface area (Å²) in [6.45, 7) is 9.00. The number of hydrogen-bond acceptors (Lipinski definition) is 1. The summed E-state index contributed by atoms with van der Waals surface area (Å²) in [7, 11) is 1.03. The van der Waals surface area contributed by atoms with E-state index in [1.54, 1.807) is 0 Å². The lowest BCUT2D eigenvalue weighted by Crippen LogP contribution is -2.44. The number of benzene rings is 1. The van der Waals surface area contributed by atoms with E-state index in [0.29, 0.717) is 12.1 Å². The maximum atomic E-state index is 3.46. The lowest BCUT2D eigenvalue weighted by atomic mass is 9.78. The van der Waals surface area contributed by atoms with E-state index in [2.05, 4.69) is 72.7 Å². The van der Waals surface area contributed by atoms with Crippen LogP contribution in [0.15, 0.2) is 28.7 Å². The van der Waals surface area contributed by atoms with Crippen molar-refractivity contribution in [2.75, 3.05) is 0 Å². The van der Waals surface area contributed by atoms with Crippen LogP contribution in [0.3, 0.4) is 0 Å². The third-order valence-corrected chi connectivity index (χ3v) is 3.13. The first-order chi connectivity index (χ1) is 7.00. The zero-order chi connectivity index (χ0) is 11.4. The van der Waals surface area contributed by atoms with Gasteiger partial charge in [-0.1, -0.05) is 61.2 Å². The first kappa shape index (κ1) is 12.8. The zero-order valence-electron chi connectivity index (χ0n) is 10.00. The summed E-state index contributed by atoms with van der Waals surface area (Å²) in [4.78, 5) is 2.49. The van der Waals surface area contributed by atoms with Crippen LogP contribution in [-0.4, -0.2) is 24.3 Å². The molecule has 1 nitrogen and oxygen atoms in total. The van der Waals surface area contributed by atoms with Crippen LogP contribution in [0, 0.1) is 0 Å². The molecule has 0 saturated heterocycles. The van der Waals surface area contributed by atoms with Crippen molar-refractivity contribution in [1.29, 1.82) is 0 Å². The molecule has 1 aromatic rings. The Bertz CT molecular complexity index is 287. The molecule has 0 aromatic heterocycles. The predicted octanol–water partition coefficient (Wildman–Crippen LogP) is 2.54. The van der Waals surface area contributed by atoms with Gasteiger partial charge >= 0.3 is 0 Å². The van der Waals surface area contributed by atoms with Gasteiger partial charge in [-0.05, 0) is 24.2 Å². The molecule has 0 amide bonds. The Morgan fingerprint density at radius 3 is 1.87 bits per heavy atom. The SMILES string of the molecule is CC(C)N(Bc1ccc(Br)cc1)C(C)C. The highest BCUT2D eigenvalue weighted by Gasteiger charge is 2.14. The summed E-state index contributed by atoms with van der Waals surface area (Å²) in [6.07, 6.45) is 0. The molecule has 0 atom stereocenters. The third-order valence-electron chi connectivity index (χ3n) is 2.60. The molecule has 0 aliphatic carbocycles. The van der Waals surface area contributed by atoms with Gasteiger partial charge < -0.3 is 4.81 Å². The highest BCUT2D eigenvalue weighted by molar-refractivity contribution is 9.10. The lowest BCUT2D eigenvalue weighted by molar-refractivity contribution is 0.315. The topological polar surface area (TPSA) is 3.24 Å². The van der Waals surface area contributed by atoms with E-state index < -0.39 is 0 Å². The summed E-state index contributed by atoms with van der Waals surface area (Å²) in [5.41, 5.74) is 1.38. The van der Waals surface area contributed by atoms with E-state index in [1.807, 2.05) is 0 Å². The fourth-order valence-corrected chi connectivity index (χ4v) is 2.03. The maximum Gasteiger partial charge on any atom is 0.239 e. The van der Waals surface area contributed by atoms with Crippen LogP contribution < -0.4 is 5.46 Å². The minimum Gasteiger partial charge on any atom is -0.337 e. The van der Waals surface area contributed by atoms with Crippen molar-refractivity contribution in [2.24, 2.45) is 0 Å². The van der Waals surface area contributed by atoms with Crippen LogP contribution in [0.5, 0.6) is 0 Å². The van der Waals surface area contributed by atoms with E-state index in [-0.39, 0.29) is 0 Å². The standard InChI is InChI=1S/C12H19BBrN/c1-9(2)15(10(3)4)13-11-5-7-12(14)8-6-11/h5-10,13H,1-4H3. The molecular weight excluding hydrogens is 249 g/mol. The molecule has 0 spiro atoms. The number of hydrogen-bond donors (Lipinski definition) is 0. The van der Waals surface area contributed by atoms with Crippen LogP contribution in [0.2, 0.25) is 0 Å². The molecule has 0 aliphatic heterocycles. The second kappa shape index (κ2) is 5.71. The Labute approximate surface area is 102 Å². The quantitative estimate of drug-likeness (QED) is 0.758. The molecule has 0 fully saturated rings. The van der Waals surface area contributed by atoms with Crippen molar-refractivity contribution in [1.82, 2.24) is 4.81 Å². The lowest BCUT2D eigenvalue weighted by Gasteiger charge is -2.30. The van der Waals surface area contributed by atoms with Gasteiger partial charge in [-0.25, -0.2) is 0 Å². The molecular formula is C12H19BBrN. The molecule has 0 bridgehead atoms. The summed E-state index contributed by atoms with van der Waals surface area (Å²) < 4.78 is 1.15. The normalized spacial score (nSPS) is 11.5. The van der Waals surface area contributed by atoms with Crippen molar-refractivity contribution in [2.45, 2.75) is 39.8 Å². The average Bonchev–Trinajstić information content (AvgIpc) is 2.15. The second-order valence-corrected chi connectivity index (χ2v) is 5.40. The Hall–Kier alpha value is -0.275. The molecule has 0 aliphatic rings. The molecule has 1 aromatic carbocycles. The molecule has 82 valence electrons. The monoisotopic (exact) mass is 267 g/mol. The van der Waals surface area contributed by atoms with Gasteiger partial charge in [0.05, 0.1) is 0 Å². The Kier molecular flexibility index (Phi) is 4.87. The third kappa shape index (κ3) is 4.00. The molecule has 0 radical (unpaired) electrons. The van der Waals surface area contributed by atoms with E-state index >= 15 is 0 Å². The van der Waals surface area contributed by atoms with Crippen LogP contribution in [0.25, 0.3) is 0 Å². The maximum absolute atomic E-state index is 3.46. The average molecular weight is 268 g/mol. The minimum atomic E-state index is 0.591. The van der Waals surface area contributed by atoms with Crippen LogP contribution in [-0.2, 0) is 0 Å². The summed E-state index contributed by atoms with van der Waals surface area (Å²) in [6, 6.07) is 9.76. The first-order valence-corrected chi connectivity index (χ1v) is 6.30. The largest absolute Gasteiger partial charge is 0.337 e. The fourth-order valence-electron chi connectivity index (χ4n) is 1.76. The van der Waals surface area contributed by atoms with Crippen LogP contribution in [0.4, 0.5) is 0 Å². The predicted molar refractivity (Wildman–Crippen MR) is 73.0 cm³/mol. The smallest absolute Gasteiger partial charge is 0.239 e. The van der Waals surface area contributed by atoms with Gasteiger partial charge in [-0.2, -0.15) is 0 Å². The Morgan fingerprint density at radius 1 is 1.00 bits per heavy atom. The van der Waals surface area contributed by atoms with E-state index in [9.17, 15) is 0 Å². The van der Waals surface area contributed by atoms with Crippen molar-refractivity contribution < 1.29 is 0 Å². The first-order valence-electron chi connectivity index (χ1n) is 5.51. The van der Waals surface area contributed by atoms with E-state index in [4.69, 9.17) is 0 Å². The van der Waals surface area contributed by atoms with Gasteiger partial charge in [0.2, 0.25) is 7.41 Å². The number of rotatable bonds is 4.